The maximum atomic E-state index is 11.4. The molecule has 0 aliphatic rings. The maximum absolute atomic E-state index is 11.4. The number of carbonyl (C=O) groups is 1. The molecular weight excluding hydrogens is 276 g/mol. The lowest BCUT2D eigenvalue weighted by Crippen LogP contribution is -2.03. The van der Waals surface area contributed by atoms with Crippen LogP contribution in [-0.4, -0.2) is 20.6 Å². The standard InChI is InChI=1S/C15H11ClN2O2/c1-9-17-13-7-3-6-12(15(19)20)14(13)18(9)11-5-2-4-10(16)8-11/h2-8H,1H3,(H,19,20). The molecule has 2 aromatic carbocycles. The fourth-order valence-electron chi connectivity index (χ4n) is 2.35. The maximum Gasteiger partial charge on any atom is 0.337 e. The first-order chi connectivity index (χ1) is 9.58. The molecule has 3 rings (SSSR count). The number of aromatic carboxylic acids is 1. The molecule has 20 heavy (non-hydrogen) atoms. The largest absolute Gasteiger partial charge is 0.478 e. The van der Waals surface area contributed by atoms with Gasteiger partial charge in [-0.05, 0) is 37.3 Å². The predicted octanol–water partition coefficient (Wildman–Crippen LogP) is 3.69. The minimum absolute atomic E-state index is 0.225. The molecule has 0 aliphatic carbocycles. The van der Waals surface area contributed by atoms with Crippen LogP contribution in [0.1, 0.15) is 16.2 Å². The monoisotopic (exact) mass is 286 g/mol. The Morgan fingerprint density at radius 3 is 2.70 bits per heavy atom. The fourth-order valence-corrected chi connectivity index (χ4v) is 2.53. The second-order valence-corrected chi connectivity index (χ2v) is 4.89. The topological polar surface area (TPSA) is 55.1 Å². The van der Waals surface area contributed by atoms with Gasteiger partial charge in [0.15, 0.2) is 0 Å². The van der Waals surface area contributed by atoms with Crippen molar-refractivity contribution in [3.8, 4) is 5.69 Å². The van der Waals surface area contributed by atoms with Gasteiger partial charge in [-0.25, -0.2) is 9.78 Å². The summed E-state index contributed by atoms with van der Waals surface area (Å²) in [5.41, 5.74) is 2.26. The molecule has 0 spiro atoms. The van der Waals surface area contributed by atoms with E-state index in [1.165, 1.54) is 0 Å². The van der Waals surface area contributed by atoms with Crippen molar-refractivity contribution in [1.29, 1.82) is 0 Å². The van der Waals surface area contributed by atoms with Gasteiger partial charge in [-0.15, -0.1) is 0 Å². The zero-order chi connectivity index (χ0) is 14.3. The highest BCUT2D eigenvalue weighted by Crippen LogP contribution is 2.26. The Balaban J connectivity index is 2.41. The van der Waals surface area contributed by atoms with E-state index in [1.54, 1.807) is 30.3 Å². The second-order valence-electron chi connectivity index (χ2n) is 4.45. The van der Waals surface area contributed by atoms with Gasteiger partial charge in [0.2, 0.25) is 0 Å². The molecule has 1 N–H and O–H groups in total. The third-order valence-corrected chi connectivity index (χ3v) is 3.38. The van der Waals surface area contributed by atoms with E-state index in [-0.39, 0.29) is 5.56 Å². The molecule has 0 unspecified atom stereocenters. The molecule has 0 saturated carbocycles. The minimum atomic E-state index is -0.973. The summed E-state index contributed by atoms with van der Waals surface area (Å²) in [5, 5.41) is 9.94. The summed E-state index contributed by atoms with van der Waals surface area (Å²) in [5.74, 6) is -0.255. The first kappa shape index (κ1) is 12.7. The highest BCUT2D eigenvalue weighted by molar-refractivity contribution is 6.30. The first-order valence-corrected chi connectivity index (χ1v) is 6.43. The van der Waals surface area contributed by atoms with Crippen LogP contribution in [-0.2, 0) is 0 Å². The number of imidazole rings is 1. The Bertz CT molecular complexity index is 824. The van der Waals surface area contributed by atoms with Crippen molar-refractivity contribution < 1.29 is 9.90 Å². The van der Waals surface area contributed by atoms with Crippen LogP contribution in [0.25, 0.3) is 16.7 Å². The second kappa shape index (κ2) is 4.65. The third kappa shape index (κ3) is 1.94. The molecular formula is C15H11ClN2O2. The molecule has 3 aromatic rings. The van der Waals surface area contributed by atoms with Gasteiger partial charge in [0.25, 0.3) is 0 Å². The van der Waals surface area contributed by atoms with Crippen LogP contribution in [0.15, 0.2) is 42.5 Å². The summed E-state index contributed by atoms with van der Waals surface area (Å²) in [7, 11) is 0. The molecule has 5 heteroatoms. The van der Waals surface area contributed by atoms with Gasteiger partial charge >= 0.3 is 5.97 Å². The van der Waals surface area contributed by atoms with Crippen LogP contribution >= 0.6 is 11.6 Å². The van der Waals surface area contributed by atoms with Crippen molar-refractivity contribution in [2.24, 2.45) is 0 Å². The van der Waals surface area contributed by atoms with Gasteiger partial charge in [-0.2, -0.15) is 0 Å². The number of rotatable bonds is 2. The van der Waals surface area contributed by atoms with E-state index in [9.17, 15) is 9.90 Å². The minimum Gasteiger partial charge on any atom is -0.478 e. The first-order valence-electron chi connectivity index (χ1n) is 6.05. The normalized spacial score (nSPS) is 10.9. The number of nitrogens with zero attached hydrogens (tertiary/aromatic N) is 2. The Hall–Kier alpha value is -2.33. The number of benzene rings is 2. The third-order valence-electron chi connectivity index (χ3n) is 3.14. The van der Waals surface area contributed by atoms with Gasteiger partial charge in [0.1, 0.15) is 5.82 Å². The average Bonchev–Trinajstić information content (AvgIpc) is 2.74. The predicted molar refractivity (Wildman–Crippen MR) is 77.8 cm³/mol. The number of aromatic nitrogens is 2. The Labute approximate surface area is 120 Å². The number of fused-ring (bicyclic) bond motifs is 1. The van der Waals surface area contributed by atoms with E-state index in [2.05, 4.69) is 4.98 Å². The van der Waals surface area contributed by atoms with Crippen molar-refractivity contribution >= 4 is 28.6 Å². The van der Waals surface area contributed by atoms with Crippen LogP contribution in [0.3, 0.4) is 0 Å². The summed E-state index contributed by atoms with van der Waals surface area (Å²) in [6, 6.07) is 12.3. The smallest absolute Gasteiger partial charge is 0.337 e. The molecule has 0 fully saturated rings. The van der Waals surface area contributed by atoms with Gasteiger partial charge < -0.3 is 5.11 Å². The van der Waals surface area contributed by atoms with Gasteiger partial charge in [0, 0.05) is 10.7 Å². The summed E-state index contributed by atoms with van der Waals surface area (Å²) in [6.07, 6.45) is 0. The van der Waals surface area contributed by atoms with E-state index in [0.717, 1.165) is 11.5 Å². The SMILES string of the molecule is Cc1nc2cccc(C(=O)O)c2n1-c1cccc(Cl)c1. The van der Waals surface area contributed by atoms with Crippen molar-refractivity contribution in [3.63, 3.8) is 0 Å². The van der Waals surface area contributed by atoms with E-state index < -0.39 is 5.97 Å². The number of carboxylic acids is 1. The van der Waals surface area contributed by atoms with Crippen LogP contribution in [0.2, 0.25) is 5.02 Å². The van der Waals surface area contributed by atoms with Crippen LogP contribution in [0, 0.1) is 6.92 Å². The molecule has 0 amide bonds. The molecule has 1 heterocycles. The van der Waals surface area contributed by atoms with Crippen molar-refractivity contribution in [3.05, 3.63) is 58.9 Å². The molecule has 0 radical (unpaired) electrons. The molecule has 0 aliphatic heterocycles. The summed E-state index contributed by atoms with van der Waals surface area (Å²) >= 11 is 6.02. The quantitative estimate of drug-likeness (QED) is 0.782. The van der Waals surface area contributed by atoms with Crippen molar-refractivity contribution in [2.45, 2.75) is 6.92 Å². The lowest BCUT2D eigenvalue weighted by Gasteiger charge is -2.09. The van der Waals surface area contributed by atoms with Gasteiger partial charge in [-0.1, -0.05) is 23.7 Å². The van der Waals surface area contributed by atoms with Crippen LogP contribution in [0.5, 0.6) is 0 Å². The highest BCUT2D eigenvalue weighted by atomic mass is 35.5. The van der Waals surface area contributed by atoms with Crippen LogP contribution in [0.4, 0.5) is 0 Å². The number of aryl methyl sites for hydroxylation is 1. The molecule has 0 bridgehead atoms. The van der Waals surface area contributed by atoms with E-state index >= 15 is 0 Å². The van der Waals surface area contributed by atoms with Gasteiger partial charge in [-0.3, -0.25) is 4.57 Å². The summed E-state index contributed by atoms with van der Waals surface area (Å²) in [4.78, 5) is 15.8. The Morgan fingerprint density at radius 1 is 1.25 bits per heavy atom. The highest BCUT2D eigenvalue weighted by Gasteiger charge is 2.16. The van der Waals surface area contributed by atoms with E-state index in [4.69, 9.17) is 11.6 Å². The fraction of sp³-hybridized carbons (Fsp3) is 0.0667. The van der Waals surface area contributed by atoms with Gasteiger partial charge in [0.05, 0.1) is 16.6 Å². The number of hydrogen-bond acceptors (Lipinski definition) is 2. The molecule has 0 saturated heterocycles. The lowest BCUT2D eigenvalue weighted by atomic mass is 10.1. The zero-order valence-electron chi connectivity index (χ0n) is 10.7. The van der Waals surface area contributed by atoms with E-state index in [0.29, 0.717) is 16.1 Å². The lowest BCUT2D eigenvalue weighted by molar-refractivity contribution is 0.0698. The number of hydrogen-bond donors (Lipinski definition) is 1. The summed E-state index contributed by atoms with van der Waals surface area (Å²) in [6.45, 7) is 1.84. The Kier molecular flexibility index (Phi) is 2.95. The van der Waals surface area contributed by atoms with Crippen molar-refractivity contribution in [2.75, 3.05) is 0 Å². The number of halogens is 1. The zero-order valence-corrected chi connectivity index (χ0v) is 11.4. The molecule has 1 aromatic heterocycles. The van der Waals surface area contributed by atoms with Crippen LogP contribution < -0.4 is 0 Å². The molecule has 0 atom stereocenters. The van der Waals surface area contributed by atoms with E-state index in [1.807, 2.05) is 23.6 Å². The van der Waals surface area contributed by atoms with Crippen molar-refractivity contribution in [1.82, 2.24) is 9.55 Å². The number of para-hydroxylation sites is 1. The average molecular weight is 287 g/mol. The number of carboxylic acid groups (broad SMARTS) is 1. The Morgan fingerprint density at radius 2 is 2.00 bits per heavy atom. The molecule has 4 nitrogen and oxygen atoms in total. The summed E-state index contributed by atoms with van der Waals surface area (Å²) < 4.78 is 1.81. The molecule has 100 valence electrons.